The molecule has 7 nitrogen and oxygen atoms in total. The highest BCUT2D eigenvalue weighted by molar-refractivity contribution is 5.63. The summed E-state index contributed by atoms with van der Waals surface area (Å²) in [5.41, 5.74) is 0.492. The van der Waals surface area contributed by atoms with Gasteiger partial charge in [0.1, 0.15) is 5.75 Å². The lowest BCUT2D eigenvalue weighted by atomic mass is 10.1. The number of nitro groups is 1. The van der Waals surface area contributed by atoms with Crippen molar-refractivity contribution in [1.82, 2.24) is 14.8 Å². The fourth-order valence-corrected chi connectivity index (χ4v) is 2.31. The molecule has 0 bridgehead atoms. The Labute approximate surface area is 108 Å². The molecule has 0 fully saturated rings. The molecule has 0 amide bonds. The predicted molar refractivity (Wildman–Crippen MR) is 66.1 cm³/mol. The van der Waals surface area contributed by atoms with E-state index in [2.05, 4.69) is 10.1 Å². The summed E-state index contributed by atoms with van der Waals surface area (Å²) in [5, 5.41) is 25.0. The standard InChI is InChI=1S/C12H12N4O3/c17-10-6-2-1-4-8(10)11-13-12-9(16(18)19)5-3-7-15(12)14-11/h1-2,4,6,9,17H,3,5,7H2. The van der Waals surface area contributed by atoms with Gasteiger partial charge in [-0.3, -0.25) is 10.1 Å². The molecule has 1 aromatic heterocycles. The van der Waals surface area contributed by atoms with Crippen LogP contribution in [0.5, 0.6) is 5.75 Å². The zero-order valence-electron chi connectivity index (χ0n) is 10.1. The van der Waals surface area contributed by atoms with Gasteiger partial charge in [0.2, 0.25) is 5.82 Å². The second-order valence-corrected chi connectivity index (χ2v) is 4.48. The van der Waals surface area contributed by atoms with E-state index < -0.39 is 6.04 Å². The van der Waals surface area contributed by atoms with E-state index in [1.807, 2.05) is 0 Å². The van der Waals surface area contributed by atoms with Crippen LogP contribution in [0.2, 0.25) is 0 Å². The van der Waals surface area contributed by atoms with Crippen molar-refractivity contribution in [3.63, 3.8) is 0 Å². The van der Waals surface area contributed by atoms with Crippen LogP contribution in [-0.2, 0) is 6.54 Å². The fraction of sp³-hybridized carbons (Fsp3) is 0.333. The first kappa shape index (κ1) is 11.6. The lowest BCUT2D eigenvalue weighted by Gasteiger charge is -2.15. The number of aromatic hydroxyl groups is 1. The van der Waals surface area contributed by atoms with Gasteiger partial charge in [0, 0.05) is 17.9 Å². The molecule has 1 unspecified atom stereocenters. The third-order valence-corrected chi connectivity index (χ3v) is 3.25. The summed E-state index contributed by atoms with van der Waals surface area (Å²) in [6.45, 7) is 0.625. The van der Waals surface area contributed by atoms with E-state index in [1.54, 1.807) is 28.9 Å². The minimum atomic E-state index is -0.805. The number of fused-ring (bicyclic) bond motifs is 1. The number of para-hydroxylation sites is 1. The highest BCUT2D eigenvalue weighted by Gasteiger charge is 2.33. The molecule has 2 heterocycles. The van der Waals surface area contributed by atoms with Gasteiger partial charge in [0.15, 0.2) is 5.82 Å². The molecule has 19 heavy (non-hydrogen) atoms. The molecule has 1 N–H and O–H groups in total. The highest BCUT2D eigenvalue weighted by atomic mass is 16.6. The maximum atomic E-state index is 11.0. The molecule has 0 aliphatic carbocycles. The third kappa shape index (κ3) is 1.92. The summed E-state index contributed by atoms with van der Waals surface area (Å²) >= 11 is 0. The summed E-state index contributed by atoms with van der Waals surface area (Å²) in [6, 6.07) is 5.90. The van der Waals surface area contributed by atoms with Gasteiger partial charge in [-0.15, -0.1) is 0 Å². The molecular weight excluding hydrogens is 248 g/mol. The van der Waals surface area contributed by atoms with E-state index >= 15 is 0 Å². The molecular formula is C12H12N4O3. The Kier molecular flexibility index (Phi) is 2.66. The zero-order valence-corrected chi connectivity index (χ0v) is 10.1. The van der Waals surface area contributed by atoms with E-state index in [4.69, 9.17) is 0 Å². The zero-order chi connectivity index (χ0) is 13.4. The Morgan fingerprint density at radius 3 is 2.95 bits per heavy atom. The topological polar surface area (TPSA) is 94.1 Å². The van der Waals surface area contributed by atoms with Crippen LogP contribution in [0.25, 0.3) is 11.4 Å². The number of hydrogen-bond donors (Lipinski definition) is 1. The Hall–Kier alpha value is -2.44. The van der Waals surface area contributed by atoms with Crippen LogP contribution in [-0.4, -0.2) is 24.8 Å². The minimum Gasteiger partial charge on any atom is -0.507 e. The largest absolute Gasteiger partial charge is 0.507 e. The molecule has 2 aromatic rings. The number of phenolic OH excluding ortho intramolecular Hbond substituents is 1. The Morgan fingerprint density at radius 1 is 1.42 bits per heavy atom. The summed E-state index contributed by atoms with van der Waals surface area (Å²) in [4.78, 5) is 14.9. The first-order valence-corrected chi connectivity index (χ1v) is 6.03. The van der Waals surface area contributed by atoms with Crippen LogP contribution in [0.3, 0.4) is 0 Å². The molecule has 1 aromatic carbocycles. The lowest BCUT2D eigenvalue weighted by molar-refractivity contribution is -0.533. The van der Waals surface area contributed by atoms with Crippen LogP contribution >= 0.6 is 0 Å². The van der Waals surface area contributed by atoms with Gasteiger partial charge in [-0.2, -0.15) is 5.10 Å². The maximum Gasteiger partial charge on any atom is 0.271 e. The summed E-state index contributed by atoms with van der Waals surface area (Å²) in [7, 11) is 0. The average molecular weight is 260 g/mol. The third-order valence-electron chi connectivity index (χ3n) is 3.25. The smallest absolute Gasteiger partial charge is 0.271 e. The van der Waals surface area contributed by atoms with Gasteiger partial charge in [0.25, 0.3) is 6.04 Å². The van der Waals surface area contributed by atoms with Crippen molar-refractivity contribution in [3.8, 4) is 17.1 Å². The lowest BCUT2D eigenvalue weighted by Crippen LogP contribution is -2.22. The molecule has 0 saturated heterocycles. The molecule has 98 valence electrons. The Morgan fingerprint density at radius 2 is 2.21 bits per heavy atom. The van der Waals surface area contributed by atoms with Crippen LogP contribution in [0.1, 0.15) is 24.7 Å². The number of hydrogen-bond acceptors (Lipinski definition) is 5. The van der Waals surface area contributed by atoms with Crippen LogP contribution < -0.4 is 0 Å². The van der Waals surface area contributed by atoms with Crippen molar-refractivity contribution >= 4 is 0 Å². The molecule has 0 radical (unpaired) electrons. The summed E-state index contributed by atoms with van der Waals surface area (Å²) < 4.78 is 1.57. The second-order valence-electron chi connectivity index (χ2n) is 4.48. The van der Waals surface area contributed by atoms with Gasteiger partial charge >= 0.3 is 0 Å². The molecule has 3 rings (SSSR count). The van der Waals surface area contributed by atoms with E-state index in [0.717, 1.165) is 0 Å². The number of aromatic nitrogens is 3. The number of rotatable bonds is 2. The van der Waals surface area contributed by atoms with Gasteiger partial charge in [-0.25, -0.2) is 9.67 Å². The van der Waals surface area contributed by atoms with Crippen molar-refractivity contribution in [2.45, 2.75) is 25.4 Å². The second kappa shape index (κ2) is 4.34. The Bertz CT molecular complexity index is 638. The maximum absolute atomic E-state index is 11.0. The number of phenols is 1. The molecule has 1 atom stereocenters. The van der Waals surface area contributed by atoms with Crippen molar-refractivity contribution in [2.24, 2.45) is 0 Å². The minimum absolute atomic E-state index is 0.0723. The molecule has 1 aliphatic rings. The van der Waals surface area contributed by atoms with Gasteiger partial charge in [0.05, 0.1) is 5.56 Å². The molecule has 1 aliphatic heterocycles. The molecule has 0 spiro atoms. The van der Waals surface area contributed by atoms with Crippen molar-refractivity contribution in [1.29, 1.82) is 0 Å². The van der Waals surface area contributed by atoms with Gasteiger partial charge in [-0.05, 0) is 18.6 Å². The van der Waals surface area contributed by atoms with Crippen LogP contribution in [0, 0.1) is 10.1 Å². The van der Waals surface area contributed by atoms with Gasteiger partial charge in [-0.1, -0.05) is 12.1 Å². The summed E-state index contributed by atoms with van der Waals surface area (Å²) in [5.74, 6) is 0.777. The summed E-state index contributed by atoms with van der Waals surface area (Å²) in [6.07, 6.45) is 1.19. The quantitative estimate of drug-likeness (QED) is 0.655. The fourth-order valence-electron chi connectivity index (χ4n) is 2.31. The number of benzene rings is 1. The number of nitrogens with zero attached hydrogens (tertiary/aromatic N) is 4. The SMILES string of the molecule is O=[N+]([O-])C1CCCn2nc(-c3ccccc3O)nc21. The normalized spacial score (nSPS) is 18.0. The highest BCUT2D eigenvalue weighted by Crippen LogP contribution is 2.31. The van der Waals surface area contributed by atoms with Crippen molar-refractivity contribution < 1.29 is 10.0 Å². The van der Waals surface area contributed by atoms with Crippen molar-refractivity contribution in [2.75, 3.05) is 0 Å². The average Bonchev–Trinajstić information content (AvgIpc) is 2.82. The van der Waals surface area contributed by atoms with Crippen LogP contribution in [0.15, 0.2) is 24.3 Å². The molecule has 0 saturated carbocycles. The van der Waals surface area contributed by atoms with Gasteiger partial charge < -0.3 is 5.11 Å². The van der Waals surface area contributed by atoms with E-state index in [1.165, 1.54) is 0 Å². The van der Waals surface area contributed by atoms with Crippen molar-refractivity contribution in [3.05, 3.63) is 40.2 Å². The van der Waals surface area contributed by atoms with E-state index in [9.17, 15) is 15.2 Å². The number of aryl methyl sites for hydroxylation is 1. The molecule has 7 heteroatoms. The monoisotopic (exact) mass is 260 g/mol. The van der Waals surface area contributed by atoms with E-state index in [0.29, 0.717) is 36.6 Å². The first-order chi connectivity index (χ1) is 9.16. The first-order valence-electron chi connectivity index (χ1n) is 6.03. The predicted octanol–water partition coefficient (Wildman–Crippen LogP) is 1.76. The Balaban J connectivity index is 2.07. The van der Waals surface area contributed by atoms with E-state index in [-0.39, 0.29) is 10.7 Å². The van der Waals surface area contributed by atoms with Crippen LogP contribution in [0.4, 0.5) is 0 Å².